The first kappa shape index (κ1) is 15.4. The predicted molar refractivity (Wildman–Crippen MR) is 77.8 cm³/mol. The molecule has 0 saturated heterocycles. The third kappa shape index (κ3) is 3.75. The average Bonchev–Trinajstić information content (AvgIpc) is 2.39. The molecule has 2 aromatic rings. The number of nitrogens with one attached hydrogen (secondary N) is 2. The van der Waals surface area contributed by atoms with E-state index in [4.69, 9.17) is 0 Å². The molecule has 0 fully saturated rings. The number of anilines is 2. The number of rotatable bonds is 2. The van der Waals surface area contributed by atoms with Gasteiger partial charge < -0.3 is 10.6 Å². The number of hydrogen-bond donors (Lipinski definition) is 2. The Morgan fingerprint density at radius 2 is 1.67 bits per heavy atom. The second-order valence-corrected chi connectivity index (χ2v) is 5.14. The first-order valence-corrected chi connectivity index (χ1v) is 6.65. The van der Waals surface area contributed by atoms with Crippen LogP contribution in [0.15, 0.2) is 34.8 Å². The molecular weight excluding hydrogens is 349 g/mol. The fraction of sp³-hybridized carbons (Fsp3) is 0.0714. The van der Waals surface area contributed by atoms with Gasteiger partial charge in [-0.05, 0) is 52.7 Å². The maximum absolute atomic E-state index is 13.4. The molecule has 7 heteroatoms. The van der Waals surface area contributed by atoms with E-state index in [2.05, 4.69) is 26.6 Å². The number of benzene rings is 2. The first-order valence-electron chi connectivity index (χ1n) is 5.85. The van der Waals surface area contributed by atoms with E-state index in [1.54, 1.807) is 6.92 Å². The normalized spacial score (nSPS) is 10.3. The van der Waals surface area contributed by atoms with Crippen molar-refractivity contribution in [3.05, 3.63) is 57.8 Å². The van der Waals surface area contributed by atoms with E-state index in [0.717, 1.165) is 18.2 Å². The lowest BCUT2D eigenvalue weighted by Gasteiger charge is -2.11. The summed E-state index contributed by atoms with van der Waals surface area (Å²) in [5.74, 6) is -2.18. The van der Waals surface area contributed by atoms with Gasteiger partial charge in [0, 0.05) is 11.8 Å². The zero-order chi connectivity index (χ0) is 15.6. The molecule has 110 valence electrons. The van der Waals surface area contributed by atoms with Crippen LogP contribution in [0.4, 0.5) is 29.3 Å². The van der Waals surface area contributed by atoms with E-state index < -0.39 is 23.5 Å². The third-order valence-corrected chi connectivity index (χ3v) is 3.30. The van der Waals surface area contributed by atoms with Gasteiger partial charge in [0.05, 0.1) is 10.2 Å². The summed E-state index contributed by atoms with van der Waals surface area (Å²) in [5, 5.41) is 4.62. The molecule has 0 aliphatic heterocycles. The predicted octanol–water partition coefficient (Wildman–Crippen LogP) is 4.82. The molecule has 0 radical (unpaired) electrons. The molecule has 0 aliphatic rings. The highest BCUT2D eigenvalue weighted by Gasteiger charge is 2.11. The number of urea groups is 1. The van der Waals surface area contributed by atoms with Crippen molar-refractivity contribution < 1.29 is 18.0 Å². The Balaban J connectivity index is 2.13. The standard InChI is InChI=1S/C14H10BrF3N2O/c1-7-4-9(15)10(17)6-13(7)20-14(21)19-12-3-2-8(16)5-11(12)18/h2-6H,1H3,(H2,19,20,21). The lowest BCUT2D eigenvalue weighted by atomic mass is 10.2. The van der Waals surface area contributed by atoms with Gasteiger partial charge >= 0.3 is 6.03 Å². The molecule has 0 heterocycles. The topological polar surface area (TPSA) is 41.1 Å². The SMILES string of the molecule is Cc1cc(Br)c(F)cc1NC(=O)Nc1ccc(F)cc1F. The maximum atomic E-state index is 13.4. The summed E-state index contributed by atoms with van der Waals surface area (Å²) in [5.41, 5.74) is 0.692. The molecule has 2 N–H and O–H groups in total. The Bertz CT molecular complexity index is 707. The highest BCUT2D eigenvalue weighted by molar-refractivity contribution is 9.10. The Kier molecular flexibility index (Phi) is 4.52. The molecule has 0 spiro atoms. The lowest BCUT2D eigenvalue weighted by molar-refractivity contribution is 0.262. The summed E-state index contributed by atoms with van der Waals surface area (Å²) in [4.78, 5) is 11.8. The summed E-state index contributed by atoms with van der Waals surface area (Å²) >= 11 is 3.03. The Hall–Kier alpha value is -2.02. The minimum absolute atomic E-state index is 0.177. The molecule has 2 amide bonds. The van der Waals surface area contributed by atoms with Gasteiger partial charge in [-0.2, -0.15) is 0 Å². The van der Waals surface area contributed by atoms with Crippen molar-refractivity contribution in [3.63, 3.8) is 0 Å². The van der Waals surface area contributed by atoms with E-state index in [0.29, 0.717) is 11.6 Å². The van der Waals surface area contributed by atoms with E-state index in [9.17, 15) is 18.0 Å². The molecule has 3 nitrogen and oxygen atoms in total. The van der Waals surface area contributed by atoms with Crippen molar-refractivity contribution in [1.82, 2.24) is 0 Å². The molecule has 2 rings (SSSR count). The summed E-state index contributed by atoms with van der Waals surface area (Å²) in [6.45, 7) is 1.68. The van der Waals surface area contributed by atoms with Gasteiger partial charge in [0.25, 0.3) is 0 Å². The van der Waals surface area contributed by atoms with Crippen molar-refractivity contribution >= 4 is 33.3 Å². The van der Waals surface area contributed by atoms with E-state index >= 15 is 0 Å². The van der Waals surface area contributed by atoms with Crippen LogP contribution < -0.4 is 10.6 Å². The van der Waals surface area contributed by atoms with Crippen LogP contribution in [0.2, 0.25) is 0 Å². The van der Waals surface area contributed by atoms with Gasteiger partial charge in [-0.3, -0.25) is 0 Å². The quantitative estimate of drug-likeness (QED) is 0.793. The molecule has 0 aliphatic carbocycles. The molecular formula is C14H10BrF3N2O. The third-order valence-electron chi connectivity index (χ3n) is 2.69. The Labute approximate surface area is 127 Å². The van der Waals surface area contributed by atoms with Crippen LogP contribution in [-0.4, -0.2) is 6.03 Å². The van der Waals surface area contributed by atoms with Crippen LogP contribution in [0.3, 0.4) is 0 Å². The number of amides is 2. The van der Waals surface area contributed by atoms with Gasteiger partial charge in [0.2, 0.25) is 0 Å². The van der Waals surface area contributed by atoms with Crippen LogP contribution >= 0.6 is 15.9 Å². The van der Waals surface area contributed by atoms with Gasteiger partial charge in [0.15, 0.2) is 0 Å². The van der Waals surface area contributed by atoms with E-state index in [1.165, 1.54) is 6.07 Å². The van der Waals surface area contributed by atoms with Gasteiger partial charge in [0.1, 0.15) is 17.5 Å². The second-order valence-electron chi connectivity index (χ2n) is 4.28. The Morgan fingerprint density at radius 3 is 2.33 bits per heavy atom. The van der Waals surface area contributed by atoms with Crippen LogP contribution in [0, 0.1) is 24.4 Å². The Morgan fingerprint density at radius 1 is 1.00 bits per heavy atom. The largest absolute Gasteiger partial charge is 0.323 e. The number of hydrogen-bond acceptors (Lipinski definition) is 1. The fourth-order valence-corrected chi connectivity index (χ4v) is 2.11. The van der Waals surface area contributed by atoms with Gasteiger partial charge in [-0.1, -0.05) is 0 Å². The van der Waals surface area contributed by atoms with Crippen molar-refractivity contribution in [2.45, 2.75) is 6.92 Å². The molecule has 0 aromatic heterocycles. The molecule has 21 heavy (non-hydrogen) atoms. The summed E-state index contributed by atoms with van der Waals surface area (Å²) in [6, 6.07) is 4.65. The number of carbonyl (C=O) groups excluding carboxylic acids is 1. The number of halogens is 4. The molecule has 0 bridgehead atoms. The zero-order valence-corrected chi connectivity index (χ0v) is 12.4. The van der Waals surface area contributed by atoms with Crippen molar-refractivity contribution in [1.29, 1.82) is 0 Å². The molecule has 2 aromatic carbocycles. The summed E-state index contributed by atoms with van der Waals surface area (Å²) < 4.78 is 39.8. The van der Waals surface area contributed by atoms with E-state index in [1.807, 2.05) is 0 Å². The average molecular weight is 359 g/mol. The number of carbonyl (C=O) groups is 1. The smallest absolute Gasteiger partial charge is 0.307 e. The first-order chi connectivity index (χ1) is 9.86. The maximum Gasteiger partial charge on any atom is 0.323 e. The molecule has 0 atom stereocenters. The van der Waals surface area contributed by atoms with E-state index in [-0.39, 0.29) is 15.8 Å². The minimum atomic E-state index is -0.899. The highest BCUT2D eigenvalue weighted by atomic mass is 79.9. The highest BCUT2D eigenvalue weighted by Crippen LogP contribution is 2.24. The number of aryl methyl sites for hydroxylation is 1. The minimum Gasteiger partial charge on any atom is -0.307 e. The summed E-state index contributed by atoms with van der Waals surface area (Å²) in [7, 11) is 0. The van der Waals surface area contributed by atoms with Crippen molar-refractivity contribution in [2.24, 2.45) is 0 Å². The van der Waals surface area contributed by atoms with Crippen LogP contribution in [0.5, 0.6) is 0 Å². The van der Waals surface area contributed by atoms with Crippen molar-refractivity contribution in [2.75, 3.05) is 10.6 Å². The fourth-order valence-electron chi connectivity index (χ4n) is 1.65. The van der Waals surface area contributed by atoms with Crippen LogP contribution in [-0.2, 0) is 0 Å². The van der Waals surface area contributed by atoms with Gasteiger partial charge in [-0.25, -0.2) is 18.0 Å². The molecule has 0 unspecified atom stereocenters. The van der Waals surface area contributed by atoms with Crippen molar-refractivity contribution in [3.8, 4) is 0 Å². The second kappa shape index (κ2) is 6.17. The zero-order valence-electron chi connectivity index (χ0n) is 10.8. The monoisotopic (exact) mass is 358 g/mol. The lowest BCUT2D eigenvalue weighted by Crippen LogP contribution is -2.20. The summed E-state index contributed by atoms with van der Waals surface area (Å²) in [6.07, 6.45) is 0. The van der Waals surface area contributed by atoms with Gasteiger partial charge in [-0.15, -0.1) is 0 Å². The van der Waals surface area contributed by atoms with Crippen LogP contribution in [0.25, 0.3) is 0 Å². The molecule has 0 saturated carbocycles. The van der Waals surface area contributed by atoms with Crippen LogP contribution in [0.1, 0.15) is 5.56 Å².